The van der Waals surface area contributed by atoms with E-state index in [1.165, 1.54) is 10.3 Å². The van der Waals surface area contributed by atoms with Crippen LogP contribution in [0.3, 0.4) is 0 Å². The van der Waals surface area contributed by atoms with Gasteiger partial charge in [0.15, 0.2) is 0 Å². The van der Waals surface area contributed by atoms with Crippen molar-refractivity contribution in [3.63, 3.8) is 0 Å². The lowest BCUT2D eigenvalue weighted by Crippen LogP contribution is -2.19. The molecule has 0 bridgehead atoms. The van der Waals surface area contributed by atoms with Crippen molar-refractivity contribution in [1.82, 2.24) is 4.98 Å². The van der Waals surface area contributed by atoms with E-state index in [0.717, 1.165) is 29.9 Å². The third-order valence-corrected chi connectivity index (χ3v) is 4.00. The van der Waals surface area contributed by atoms with Crippen molar-refractivity contribution in [2.75, 3.05) is 6.54 Å². The van der Waals surface area contributed by atoms with Crippen LogP contribution >= 0.6 is 11.3 Å². The number of aryl methyl sites for hydroxylation is 1. The Morgan fingerprint density at radius 3 is 2.82 bits per heavy atom. The summed E-state index contributed by atoms with van der Waals surface area (Å²) < 4.78 is 1.29. The van der Waals surface area contributed by atoms with Crippen molar-refractivity contribution >= 4 is 21.6 Å². The summed E-state index contributed by atoms with van der Waals surface area (Å²) in [5, 5.41) is 1.14. The normalized spacial score (nSPS) is 12.2. The maximum absolute atomic E-state index is 5.65. The number of hydrogen-bond donors (Lipinski definition) is 1. The molecular weight excluding hydrogens is 228 g/mol. The Labute approximate surface area is 107 Å². The number of benzene rings is 1. The molecule has 0 radical (unpaired) electrons. The molecule has 0 unspecified atom stereocenters. The van der Waals surface area contributed by atoms with Crippen LogP contribution in [-0.2, 0) is 6.42 Å². The van der Waals surface area contributed by atoms with Gasteiger partial charge in [-0.25, -0.2) is 4.98 Å². The van der Waals surface area contributed by atoms with Gasteiger partial charge in [-0.2, -0.15) is 0 Å². The number of rotatable bonds is 4. The number of aromatic nitrogens is 1. The second-order valence-electron chi connectivity index (χ2n) is 5.41. The second-order valence-corrected chi connectivity index (χ2v) is 6.65. The number of thiazole rings is 1. The molecule has 0 saturated carbocycles. The maximum atomic E-state index is 5.65. The topological polar surface area (TPSA) is 38.9 Å². The Morgan fingerprint density at radius 1 is 1.35 bits per heavy atom. The molecule has 1 heterocycles. The van der Waals surface area contributed by atoms with Crippen LogP contribution in [-0.4, -0.2) is 11.5 Å². The molecule has 0 amide bonds. The highest BCUT2D eigenvalue weighted by molar-refractivity contribution is 7.18. The number of fused-ring (bicyclic) bond motifs is 1. The van der Waals surface area contributed by atoms with Crippen LogP contribution in [0.15, 0.2) is 18.2 Å². The Hall–Kier alpha value is -0.930. The van der Waals surface area contributed by atoms with Crippen molar-refractivity contribution < 1.29 is 0 Å². The number of nitrogens with zero attached hydrogens (tertiary/aromatic N) is 1. The zero-order valence-corrected chi connectivity index (χ0v) is 11.6. The fraction of sp³-hybridized carbons (Fsp3) is 0.500. The fourth-order valence-corrected chi connectivity index (χ4v) is 3.12. The summed E-state index contributed by atoms with van der Waals surface area (Å²) in [6, 6.07) is 6.60. The highest BCUT2D eigenvalue weighted by Crippen LogP contribution is 2.28. The summed E-state index contributed by atoms with van der Waals surface area (Å²) in [4.78, 5) is 4.49. The van der Waals surface area contributed by atoms with Gasteiger partial charge in [0, 0.05) is 0 Å². The number of nitrogens with two attached hydrogens (primary N) is 1. The Kier molecular flexibility index (Phi) is 3.50. The van der Waals surface area contributed by atoms with Gasteiger partial charge in [0.1, 0.15) is 0 Å². The van der Waals surface area contributed by atoms with E-state index in [1.807, 2.05) is 0 Å². The minimum absolute atomic E-state index is 0.280. The molecule has 0 saturated heterocycles. The van der Waals surface area contributed by atoms with E-state index in [-0.39, 0.29) is 5.41 Å². The second kappa shape index (κ2) is 4.75. The molecular formula is C14H20N2S. The monoisotopic (exact) mass is 248 g/mol. The molecule has 1 aromatic carbocycles. The summed E-state index contributed by atoms with van der Waals surface area (Å²) in [5.74, 6) is 0. The first-order valence-electron chi connectivity index (χ1n) is 6.06. The molecule has 92 valence electrons. The van der Waals surface area contributed by atoms with Crippen LogP contribution in [0.1, 0.15) is 30.8 Å². The SMILES string of the molecule is Cc1nc2ccc(CC(C)(C)CCN)cc2s1. The van der Waals surface area contributed by atoms with Crippen molar-refractivity contribution in [2.24, 2.45) is 11.1 Å². The van der Waals surface area contributed by atoms with Crippen LogP contribution < -0.4 is 5.73 Å². The molecule has 1 aromatic heterocycles. The lowest BCUT2D eigenvalue weighted by atomic mass is 9.83. The van der Waals surface area contributed by atoms with Crippen molar-refractivity contribution in [1.29, 1.82) is 0 Å². The van der Waals surface area contributed by atoms with E-state index in [9.17, 15) is 0 Å². The van der Waals surface area contributed by atoms with Crippen LogP contribution in [0.4, 0.5) is 0 Å². The van der Waals surface area contributed by atoms with Gasteiger partial charge in [0.05, 0.1) is 15.2 Å². The average Bonchev–Trinajstić information content (AvgIpc) is 2.56. The van der Waals surface area contributed by atoms with Gasteiger partial charge in [-0.1, -0.05) is 19.9 Å². The summed E-state index contributed by atoms with van der Waals surface area (Å²) in [6.45, 7) is 7.38. The van der Waals surface area contributed by atoms with E-state index in [1.54, 1.807) is 11.3 Å². The molecule has 0 aliphatic carbocycles. The van der Waals surface area contributed by atoms with Gasteiger partial charge in [-0.05, 0) is 49.4 Å². The lowest BCUT2D eigenvalue weighted by Gasteiger charge is -2.23. The molecule has 0 fully saturated rings. The Morgan fingerprint density at radius 2 is 2.12 bits per heavy atom. The lowest BCUT2D eigenvalue weighted by molar-refractivity contribution is 0.339. The Balaban J connectivity index is 2.24. The highest BCUT2D eigenvalue weighted by Gasteiger charge is 2.17. The van der Waals surface area contributed by atoms with Crippen molar-refractivity contribution in [3.05, 3.63) is 28.8 Å². The van der Waals surface area contributed by atoms with Crippen molar-refractivity contribution in [3.8, 4) is 0 Å². The summed E-state index contributed by atoms with van der Waals surface area (Å²) in [6.07, 6.45) is 2.14. The minimum atomic E-state index is 0.280. The summed E-state index contributed by atoms with van der Waals surface area (Å²) in [7, 11) is 0. The molecule has 0 spiro atoms. The third-order valence-electron chi connectivity index (χ3n) is 3.06. The van der Waals surface area contributed by atoms with E-state index in [2.05, 4.69) is 44.0 Å². The molecule has 17 heavy (non-hydrogen) atoms. The smallest absolute Gasteiger partial charge is 0.0907 e. The van der Waals surface area contributed by atoms with Gasteiger partial charge in [0.25, 0.3) is 0 Å². The molecule has 0 aliphatic heterocycles. The summed E-state index contributed by atoms with van der Waals surface area (Å²) >= 11 is 1.77. The third kappa shape index (κ3) is 3.05. The number of hydrogen-bond acceptors (Lipinski definition) is 3. The van der Waals surface area contributed by atoms with Gasteiger partial charge in [-0.3, -0.25) is 0 Å². The predicted molar refractivity (Wildman–Crippen MR) is 75.5 cm³/mol. The predicted octanol–water partition coefficient (Wildman–Crippen LogP) is 3.52. The van der Waals surface area contributed by atoms with Gasteiger partial charge in [-0.15, -0.1) is 11.3 Å². The van der Waals surface area contributed by atoms with E-state index in [4.69, 9.17) is 5.73 Å². The maximum Gasteiger partial charge on any atom is 0.0907 e. The quantitative estimate of drug-likeness (QED) is 0.899. The van der Waals surface area contributed by atoms with Gasteiger partial charge >= 0.3 is 0 Å². The highest BCUT2D eigenvalue weighted by atomic mass is 32.1. The van der Waals surface area contributed by atoms with E-state index >= 15 is 0 Å². The first-order valence-corrected chi connectivity index (χ1v) is 6.88. The first-order chi connectivity index (χ1) is 8.00. The standard InChI is InChI=1S/C14H20N2S/c1-10-16-12-5-4-11(8-13(12)17-10)9-14(2,3)6-7-15/h4-5,8H,6-7,9,15H2,1-3H3. The first kappa shape index (κ1) is 12.5. The zero-order chi connectivity index (χ0) is 12.5. The van der Waals surface area contributed by atoms with E-state index < -0.39 is 0 Å². The van der Waals surface area contributed by atoms with E-state index in [0.29, 0.717) is 0 Å². The molecule has 2 nitrogen and oxygen atoms in total. The van der Waals surface area contributed by atoms with Crippen molar-refractivity contribution in [2.45, 2.75) is 33.6 Å². The molecule has 0 aliphatic rings. The summed E-state index contributed by atoms with van der Waals surface area (Å²) in [5.41, 5.74) is 8.44. The zero-order valence-electron chi connectivity index (χ0n) is 10.8. The van der Waals surface area contributed by atoms with Crippen LogP contribution in [0.2, 0.25) is 0 Å². The fourth-order valence-electron chi connectivity index (χ4n) is 2.23. The minimum Gasteiger partial charge on any atom is -0.330 e. The molecule has 2 aromatic rings. The van der Waals surface area contributed by atoms with Crippen LogP contribution in [0.25, 0.3) is 10.2 Å². The largest absolute Gasteiger partial charge is 0.330 e. The molecule has 2 N–H and O–H groups in total. The average molecular weight is 248 g/mol. The molecule has 2 rings (SSSR count). The van der Waals surface area contributed by atoms with Gasteiger partial charge in [0.2, 0.25) is 0 Å². The van der Waals surface area contributed by atoms with Crippen LogP contribution in [0.5, 0.6) is 0 Å². The van der Waals surface area contributed by atoms with Gasteiger partial charge < -0.3 is 5.73 Å². The van der Waals surface area contributed by atoms with Crippen LogP contribution in [0, 0.1) is 12.3 Å². The Bertz CT molecular complexity index is 514. The molecule has 0 atom stereocenters. The molecule has 3 heteroatoms.